The first kappa shape index (κ1) is 15.6. The lowest BCUT2D eigenvalue weighted by Gasteiger charge is -2.24. The van der Waals surface area contributed by atoms with Gasteiger partial charge in [-0.05, 0) is 40.5 Å². The molecule has 0 spiro atoms. The van der Waals surface area contributed by atoms with Crippen molar-refractivity contribution in [2.75, 3.05) is 14.2 Å². The highest BCUT2D eigenvalue weighted by Gasteiger charge is 2.21. The SMILES string of the molecule is COC(C)(C)CCC(=O)CCC(C)(C)OC. The molecule has 0 aromatic carbocycles. The van der Waals surface area contributed by atoms with Crippen molar-refractivity contribution < 1.29 is 14.3 Å². The second-order valence-corrected chi connectivity index (χ2v) is 5.47. The molecule has 0 unspecified atom stereocenters. The van der Waals surface area contributed by atoms with Gasteiger partial charge in [0.25, 0.3) is 0 Å². The van der Waals surface area contributed by atoms with Crippen LogP contribution in [0, 0.1) is 0 Å². The van der Waals surface area contributed by atoms with Gasteiger partial charge in [-0.25, -0.2) is 0 Å². The zero-order valence-electron chi connectivity index (χ0n) is 11.6. The number of hydrogen-bond donors (Lipinski definition) is 0. The summed E-state index contributed by atoms with van der Waals surface area (Å²) in [4.78, 5) is 11.7. The Hall–Kier alpha value is -0.410. The Morgan fingerprint density at radius 1 is 0.875 bits per heavy atom. The van der Waals surface area contributed by atoms with Gasteiger partial charge < -0.3 is 9.47 Å². The van der Waals surface area contributed by atoms with Gasteiger partial charge in [0.15, 0.2) is 0 Å². The summed E-state index contributed by atoms with van der Waals surface area (Å²) in [6.45, 7) is 8.00. The maximum absolute atomic E-state index is 11.7. The van der Waals surface area contributed by atoms with Crippen LogP contribution in [-0.4, -0.2) is 31.2 Å². The lowest BCUT2D eigenvalue weighted by Crippen LogP contribution is -2.25. The topological polar surface area (TPSA) is 35.5 Å². The first-order valence-corrected chi connectivity index (χ1v) is 5.84. The molecule has 0 atom stereocenters. The molecule has 0 aliphatic heterocycles. The standard InChI is InChI=1S/C13H26O3/c1-12(2,15-5)9-7-11(14)8-10-13(3,4)16-6/h7-10H2,1-6H3. The van der Waals surface area contributed by atoms with Crippen LogP contribution < -0.4 is 0 Å². The van der Waals surface area contributed by atoms with Crippen molar-refractivity contribution in [1.29, 1.82) is 0 Å². The molecule has 3 heteroatoms. The monoisotopic (exact) mass is 230 g/mol. The Labute approximate surface area is 99.5 Å². The molecular formula is C13H26O3. The van der Waals surface area contributed by atoms with Gasteiger partial charge in [0.05, 0.1) is 11.2 Å². The van der Waals surface area contributed by atoms with E-state index in [2.05, 4.69) is 0 Å². The number of rotatable bonds is 8. The van der Waals surface area contributed by atoms with Crippen LogP contribution in [0.15, 0.2) is 0 Å². The maximum atomic E-state index is 11.7. The van der Waals surface area contributed by atoms with Crippen molar-refractivity contribution in [1.82, 2.24) is 0 Å². The zero-order chi connectivity index (χ0) is 12.8. The molecule has 0 saturated carbocycles. The largest absolute Gasteiger partial charge is 0.379 e. The Morgan fingerprint density at radius 3 is 1.44 bits per heavy atom. The quantitative estimate of drug-likeness (QED) is 0.643. The average Bonchev–Trinajstić information content (AvgIpc) is 2.24. The first-order chi connectivity index (χ1) is 7.22. The van der Waals surface area contributed by atoms with E-state index in [1.165, 1.54) is 0 Å². The minimum absolute atomic E-state index is 0.202. The summed E-state index contributed by atoms with van der Waals surface area (Å²) in [5, 5.41) is 0. The lowest BCUT2D eigenvalue weighted by molar-refractivity contribution is -0.121. The van der Waals surface area contributed by atoms with Gasteiger partial charge in [-0.2, -0.15) is 0 Å². The third-order valence-electron chi connectivity index (χ3n) is 3.12. The van der Waals surface area contributed by atoms with Crippen LogP contribution in [-0.2, 0) is 14.3 Å². The van der Waals surface area contributed by atoms with Crippen LogP contribution in [0.3, 0.4) is 0 Å². The number of carbonyl (C=O) groups excluding carboxylic acids is 1. The first-order valence-electron chi connectivity index (χ1n) is 5.84. The van der Waals surface area contributed by atoms with E-state index in [1.54, 1.807) is 14.2 Å². The molecule has 0 aromatic rings. The van der Waals surface area contributed by atoms with Crippen LogP contribution in [0.4, 0.5) is 0 Å². The minimum atomic E-state index is -0.202. The van der Waals surface area contributed by atoms with E-state index < -0.39 is 0 Å². The summed E-state index contributed by atoms with van der Waals surface area (Å²) in [5.74, 6) is 0.287. The summed E-state index contributed by atoms with van der Waals surface area (Å²) in [6.07, 6.45) is 2.72. The highest BCUT2D eigenvalue weighted by Crippen LogP contribution is 2.19. The van der Waals surface area contributed by atoms with E-state index in [0.29, 0.717) is 12.8 Å². The molecule has 96 valence electrons. The summed E-state index contributed by atoms with van der Waals surface area (Å²) >= 11 is 0. The van der Waals surface area contributed by atoms with Gasteiger partial charge in [-0.1, -0.05) is 0 Å². The highest BCUT2D eigenvalue weighted by atomic mass is 16.5. The van der Waals surface area contributed by atoms with Crippen LogP contribution in [0.1, 0.15) is 53.4 Å². The molecule has 0 aliphatic carbocycles. The average molecular weight is 230 g/mol. The van der Waals surface area contributed by atoms with E-state index in [4.69, 9.17) is 9.47 Å². The summed E-state index contributed by atoms with van der Waals surface area (Å²) in [5.41, 5.74) is -0.404. The molecule has 0 aromatic heterocycles. The Kier molecular flexibility index (Phi) is 6.19. The smallest absolute Gasteiger partial charge is 0.133 e. The molecule has 0 radical (unpaired) electrons. The number of ether oxygens (including phenoxy) is 2. The van der Waals surface area contributed by atoms with E-state index >= 15 is 0 Å². The molecule has 16 heavy (non-hydrogen) atoms. The number of hydrogen-bond acceptors (Lipinski definition) is 3. The van der Waals surface area contributed by atoms with Gasteiger partial charge in [0.2, 0.25) is 0 Å². The Morgan fingerprint density at radius 2 is 1.19 bits per heavy atom. The number of ketones is 1. The summed E-state index contributed by atoms with van der Waals surface area (Å²) in [6, 6.07) is 0. The lowest BCUT2D eigenvalue weighted by atomic mass is 9.95. The van der Waals surface area contributed by atoms with Crippen molar-refractivity contribution in [3.05, 3.63) is 0 Å². The van der Waals surface area contributed by atoms with E-state index in [0.717, 1.165) is 12.8 Å². The molecule has 0 aliphatic rings. The van der Waals surface area contributed by atoms with Crippen molar-refractivity contribution in [3.63, 3.8) is 0 Å². The molecule has 0 saturated heterocycles. The fraction of sp³-hybridized carbons (Fsp3) is 0.923. The highest BCUT2D eigenvalue weighted by molar-refractivity contribution is 5.78. The third kappa shape index (κ3) is 6.96. The summed E-state index contributed by atoms with van der Waals surface area (Å²) < 4.78 is 10.6. The zero-order valence-corrected chi connectivity index (χ0v) is 11.6. The van der Waals surface area contributed by atoms with E-state index in [1.807, 2.05) is 27.7 Å². The van der Waals surface area contributed by atoms with Gasteiger partial charge in [-0.3, -0.25) is 4.79 Å². The predicted octanol–water partition coefficient (Wildman–Crippen LogP) is 2.97. The molecule has 0 fully saturated rings. The van der Waals surface area contributed by atoms with Crippen LogP contribution in [0.2, 0.25) is 0 Å². The molecule has 0 amide bonds. The van der Waals surface area contributed by atoms with Crippen molar-refractivity contribution >= 4 is 5.78 Å². The summed E-state index contributed by atoms with van der Waals surface area (Å²) in [7, 11) is 3.36. The minimum Gasteiger partial charge on any atom is -0.379 e. The molecule has 3 nitrogen and oxygen atoms in total. The van der Waals surface area contributed by atoms with Gasteiger partial charge in [-0.15, -0.1) is 0 Å². The van der Waals surface area contributed by atoms with Crippen LogP contribution >= 0.6 is 0 Å². The molecule has 0 heterocycles. The van der Waals surface area contributed by atoms with Gasteiger partial charge in [0, 0.05) is 27.1 Å². The van der Waals surface area contributed by atoms with E-state index in [9.17, 15) is 4.79 Å². The fourth-order valence-electron chi connectivity index (χ4n) is 1.21. The number of Topliss-reactive ketones (excluding diaryl/α,β-unsaturated/α-hetero) is 1. The number of carbonyl (C=O) groups is 1. The third-order valence-corrected chi connectivity index (χ3v) is 3.12. The molecule has 0 bridgehead atoms. The van der Waals surface area contributed by atoms with Crippen molar-refractivity contribution in [2.45, 2.75) is 64.6 Å². The van der Waals surface area contributed by atoms with Gasteiger partial charge in [0.1, 0.15) is 5.78 Å². The second-order valence-electron chi connectivity index (χ2n) is 5.47. The molecule has 0 N–H and O–H groups in total. The molecular weight excluding hydrogens is 204 g/mol. The number of methoxy groups -OCH3 is 2. The van der Waals surface area contributed by atoms with Gasteiger partial charge >= 0.3 is 0 Å². The second kappa shape index (κ2) is 6.36. The normalized spacial score (nSPS) is 12.9. The van der Waals surface area contributed by atoms with Crippen LogP contribution in [0.5, 0.6) is 0 Å². The Balaban J connectivity index is 3.85. The predicted molar refractivity (Wildman–Crippen MR) is 65.7 cm³/mol. The van der Waals surface area contributed by atoms with E-state index in [-0.39, 0.29) is 17.0 Å². The van der Waals surface area contributed by atoms with Crippen molar-refractivity contribution in [3.8, 4) is 0 Å². The van der Waals surface area contributed by atoms with Crippen molar-refractivity contribution in [2.24, 2.45) is 0 Å². The Bertz CT molecular complexity index is 197. The maximum Gasteiger partial charge on any atom is 0.133 e. The fourth-order valence-corrected chi connectivity index (χ4v) is 1.21. The molecule has 0 rings (SSSR count). The van der Waals surface area contributed by atoms with Crippen LogP contribution in [0.25, 0.3) is 0 Å².